The molecule has 32 heavy (non-hydrogen) atoms. The maximum absolute atomic E-state index is 13.2. The smallest absolute Gasteiger partial charge is 0.325 e. The molecule has 1 N–H and O–H groups in total. The van der Waals surface area contributed by atoms with Crippen LogP contribution < -0.4 is 24.6 Å². The van der Waals surface area contributed by atoms with Crippen molar-refractivity contribution in [2.45, 2.75) is 32.1 Å². The molecule has 0 radical (unpaired) electrons. The Morgan fingerprint density at radius 1 is 1.22 bits per heavy atom. The number of carbonyl (C=O) groups excluding carboxylic acids is 1. The summed E-state index contributed by atoms with van der Waals surface area (Å²) in [7, 11) is 1.57. The molecule has 1 aliphatic rings. The van der Waals surface area contributed by atoms with Crippen LogP contribution in [-0.2, 0) is 4.79 Å². The van der Waals surface area contributed by atoms with Crippen LogP contribution in [0, 0.1) is 0 Å². The van der Waals surface area contributed by atoms with Crippen molar-refractivity contribution in [2.75, 3.05) is 24.4 Å². The predicted molar refractivity (Wildman–Crippen MR) is 122 cm³/mol. The molecule has 1 unspecified atom stereocenters. The number of rotatable bonds is 6. The number of hydrogen-bond acceptors (Lipinski definition) is 6. The van der Waals surface area contributed by atoms with E-state index >= 15 is 0 Å². The minimum Gasteiger partial charge on any atom is -0.493 e. The van der Waals surface area contributed by atoms with Crippen LogP contribution in [-0.4, -0.2) is 35.5 Å². The number of aromatic nitrogens is 3. The quantitative estimate of drug-likeness (QED) is 0.456. The molecule has 2 heterocycles. The maximum atomic E-state index is 13.2. The van der Waals surface area contributed by atoms with Gasteiger partial charge in [-0.25, -0.2) is 4.90 Å². The fraction of sp³-hybridized carbons (Fsp3) is 0.304. The molecule has 166 valence electrons. The fourth-order valence-electron chi connectivity index (χ4n) is 3.93. The first-order chi connectivity index (χ1) is 15.5. The molecule has 0 aliphatic carbocycles. The largest absolute Gasteiger partial charge is 0.493 e. The van der Waals surface area contributed by atoms with E-state index in [-0.39, 0.29) is 11.5 Å². The highest BCUT2D eigenvalue weighted by atomic mass is 32.2. The Balaban J connectivity index is 2.01. The van der Waals surface area contributed by atoms with E-state index in [1.807, 2.05) is 56.3 Å². The Bertz CT molecular complexity index is 1230. The zero-order chi connectivity index (χ0) is 22.8. The summed E-state index contributed by atoms with van der Waals surface area (Å²) in [5.74, 6) is 1.73. The van der Waals surface area contributed by atoms with Crippen molar-refractivity contribution in [1.82, 2.24) is 10.1 Å². The lowest BCUT2D eigenvalue weighted by Crippen LogP contribution is -2.60. The highest BCUT2D eigenvalue weighted by molar-refractivity contribution is 7.99. The van der Waals surface area contributed by atoms with Crippen molar-refractivity contribution in [2.24, 2.45) is 0 Å². The van der Waals surface area contributed by atoms with Gasteiger partial charge in [-0.05, 0) is 47.7 Å². The number of H-pyrrole nitrogens is 1. The summed E-state index contributed by atoms with van der Waals surface area (Å²) in [6.45, 7) is 5.90. The highest BCUT2D eigenvalue weighted by Crippen LogP contribution is 2.39. The average molecular weight is 454 g/mol. The zero-order valence-corrected chi connectivity index (χ0v) is 19.2. The summed E-state index contributed by atoms with van der Waals surface area (Å²) >= 11 is 1.43. The number of nitrogens with one attached hydrogen (secondary N) is 1. The molecule has 4 rings (SSSR count). The number of anilines is 1. The number of nitrogens with zero attached hydrogens (tertiary/aromatic N) is 3. The van der Waals surface area contributed by atoms with E-state index < -0.39 is 6.17 Å². The van der Waals surface area contributed by atoms with Gasteiger partial charge in [-0.3, -0.25) is 14.6 Å². The number of para-hydroxylation sites is 1. The molecule has 1 amide bonds. The summed E-state index contributed by atoms with van der Waals surface area (Å²) in [5, 5.41) is 5.22. The second kappa shape index (κ2) is 9.04. The molecule has 0 saturated carbocycles. The van der Waals surface area contributed by atoms with Crippen LogP contribution in [0.5, 0.6) is 11.5 Å². The van der Waals surface area contributed by atoms with Crippen LogP contribution in [0.3, 0.4) is 0 Å². The molecule has 0 saturated heterocycles. The summed E-state index contributed by atoms with van der Waals surface area (Å²) in [4.78, 5) is 30.6. The summed E-state index contributed by atoms with van der Waals surface area (Å²) in [5.41, 5.74) is 2.19. The topological polar surface area (TPSA) is 88.4 Å². The molecule has 1 aliphatic heterocycles. The fourth-order valence-corrected chi connectivity index (χ4v) is 4.52. The van der Waals surface area contributed by atoms with E-state index in [1.165, 1.54) is 18.7 Å². The summed E-state index contributed by atoms with van der Waals surface area (Å²) < 4.78 is 12.8. The number of benzene rings is 2. The van der Waals surface area contributed by atoms with Gasteiger partial charge in [0.2, 0.25) is 11.1 Å². The third kappa shape index (κ3) is 3.73. The Morgan fingerprint density at radius 2 is 2.00 bits per heavy atom. The number of amides is 1. The van der Waals surface area contributed by atoms with E-state index in [0.717, 1.165) is 11.3 Å². The molecule has 9 heteroatoms. The first kappa shape index (κ1) is 21.9. The number of thioether (sulfide) groups is 1. The maximum Gasteiger partial charge on any atom is 0.325 e. The van der Waals surface area contributed by atoms with Crippen LogP contribution in [0.25, 0.3) is 11.3 Å². The third-order valence-electron chi connectivity index (χ3n) is 5.16. The van der Waals surface area contributed by atoms with Gasteiger partial charge in [0.1, 0.15) is 0 Å². The lowest BCUT2D eigenvalue weighted by molar-refractivity contribution is -0.763. The Morgan fingerprint density at radius 3 is 2.69 bits per heavy atom. The van der Waals surface area contributed by atoms with Gasteiger partial charge >= 0.3 is 11.3 Å². The monoisotopic (exact) mass is 453 g/mol. The van der Waals surface area contributed by atoms with Crippen LogP contribution >= 0.6 is 11.8 Å². The molecule has 0 spiro atoms. The number of methoxy groups -OCH3 is 1. The van der Waals surface area contributed by atoms with Crippen molar-refractivity contribution in [3.8, 4) is 22.8 Å². The first-order valence-corrected chi connectivity index (χ1v) is 11.4. The average Bonchev–Trinajstić information content (AvgIpc) is 2.78. The number of carbonyl (C=O) groups is 1. The van der Waals surface area contributed by atoms with Gasteiger partial charge in [0.25, 0.3) is 6.17 Å². The van der Waals surface area contributed by atoms with Gasteiger partial charge in [-0.15, -0.1) is 0 Å². The zero-order valence-electron chi connectivity index (χ0n) is 18.4. The van der Waals surface area contributed by atoms with Gasteiger partial charge in [0.05, 0.1) is 25.0 Å². The number of aromatic amines is 1. The number of hydrogen-bond donors (Lipinski definition) is 1. The molecule has 8 nitrogen and oxygen atoms in total. The summed E-state index contributed by atoms with van der Waals surface area (Å²) in [6.07, 6.45) is -0.666. The van der Waals surface area contributed by atoms with E-state index in [2.05, 4.69) is 4.98 Å². The second-order valence-electron chi connectivity index (χ2n) is 7.11. The van der Waals surface area contributed by atoms with Crippen molar-refractivity contribution in [1.29, 1.82) is 0 Å². The van der Waals surface area contributed by atoms with Gasteiger partial charge in [-0.1, -0.05) is 30.8 Å². The molecule has 0 fully saturated rings. The van der Waals surface area contributed by atoms with Gasteiger partial charge in [0, 0.05) is 17.6 Å². The minimum absolute atomic E-state index is 0.166. The van der Waals surface area contributed by atoms with Crippen LogP contribution in [0.1, 0.15) is 32.5 Å². The van der Waals surface area contributed by atoms with E-state index in [1.54, 1.807) is 16.7 Å². The highest BCUT2D eigenvalue weighted by Gasteiger charge is 2.45. The number of fused-ring (bicyclic) bond motifs is 3. The minimum atomic E-state index is -0.666. The Kier molecular flexibility index (Phi) is 6.18. The number of ether oxygens (including phenoxy) is 2. The van der Waals surface area contributed by atoms with Crippen molar-refractivity contribution in [3.63, 3.8) is 0 Å². The van der Waals surface area contributed by atoms with Crippen LogP contribution in [0.4, 0.5) is 5.69 Å². The normalized spacial score (nSPS) is 14.5. The van der Waals surface area contributed by atoms with Crippen LogP contribution in [0.2, 0.25) is 0 Å². The first-order valence-electron chi connectivity index (χ1n) is 10.4. The molecule has 0 bridgehead atoms. The summed E-state index contributed by atoms with van der Waals surface area (Å²) in [6, 6.07) is 12.9. The molecule has 2 aromatic carbocycles. The predicted octanol–water partition coefficient (Wildman–Crippen LogP) is 3.16. The molecule has 1 aromatic heterocycles. The molecular formula is C23H25N4O4S+. The van der Waals surface area contributed by atoms with E-state index in [9.17, 15) is 9.59 Å². The third-order valence-corrected chi connectivity index (χ3v) is 5.91. The van der Waals surface area contributed by atoms with Gasteiger partial charge < -0.3 is 9.47 Å². The SMILES string of the molecule is CCOc1ccc(C2N(C(C)=O)c3ccccc3-c3c(=O)[nH]c(SCC)n[n+]32)cc1OC. The second-order valence-corrected chi connectivity index (χ2v) is 8.36. The molecular weight excluding hydrogens is 428 g/mol. The lowest BCUT2D eigenvalue weighted by Gasteiger charge is -2.31. The van der Waals surface area contributed by atoms with Gasteiger partial charge in [-0.2, -0.15) is 0 Å². The van der Waals surface area contributed by atoms with Crippen molar-refractivity contribution >= 4 is 23.4 Å². The van der Waals surface area contributed by atoms with Crippen LogP contribution in [0.15, 0.2) is 52.4 Å². The van der Waals surface area contributed by atoms with Crippen molar-refractivity contribution < 1.29 is 19.0 Å². The molecule has 3 aromatic rings. The lowest BCUT2D eigenvalue weighted by atomic mass is 10.0. The Hall–Kier alpha value is -3.33. The van der Waals surface area contributed by atoms with E-state index in [0.29, 0.717) is 40.2 Å². The van der Waals surface area contributed by atoms with Gasteiger partial charge in [0.15, 0.2) is 11.5 Å². The standard InChI is InChI=1S/C23H24N4O4S/c1-5-31-18-12-11-15(13-19(18)30-4)22-26(14(3)28)17-10-8-7-9-16(17)20-21(29)24-23(32-6-2)25-27(20)22/h7-13,22H,5-6H2,1-4H3/p+1. The van der Waals surface area contributed by atoms with Crippen molar-refractivity contribution in [3.05, 3.63) is 58.4 Å². The Labute approximate surface area is 190 Å². The molecule has 1 atom stereocenters. The van der Waals surface area contributed by atoms with E-state index in [4.69, 9.17) is 14.6 Å².